The van der Waals surface area contributed by atoms with E-state index in [0.717, 1.165) is 32.5 Å². The lowest BCUT2D eigenvalue weighted by Gasteiger charge is -2.44. The number of hydrogen-bond acceptors (Lipinski definition) is 2. The second-order valence-electron chi connectivity index (χ2n) is 5.58. The molecule has 1 aliphatic heterocycles. The van der Waals surface area contributed by atoms with E-state index < -0.39 is 0 Å². The third-order valence-corrected chi connectivity index (χ3v) is 3.97. The number of hydrogen-bond donors (Lipinski definition) is 0. The van der Waals surface area contributed by atoms with Gasteiger partial charge in [0.05, 0.1) is 0 Å². The molecule has 92 valence electrons. The van der Waals surface area contributed by atoms with Gasteiger partial charge >= 0.3 is 0 Å². The van der Waals surface area contributed by atoms with Gasteiger partial charge in [0.1, 0.15) is 0 Å². The zero-order valence-corrected chi connectivity index (χ0v) is 10.8. The van der Waals surface area contributed by atoms with Gasteiger partial charge in [-0.1, -0.05) is 6.92 Å². The van der Waals surface area contributed by atoms with Crippen molar-refractivity contribution in [3.63, 3.8) is 0 Å². The lowest BCUT2D eigenvalue weighted by Crippen LogP contribution is -2.58. The van der Waals surface area contributed by atoms with E-state index in [2.05, 4.69) is 30.6 Å². The van der Waals surface area contributed by atoms with Gasteiger partial charge in [0.2, 0.25) is 5.91 Å². The van der Waals surface area contributed by atoms with Crippen LogP contribution in [0.3, 0.4) is 0 Å². The average molecular weight is 224 g/mol. The fourth-order valence-electron chi connectivity index (χ4n) is 2.97. The van der Waals surface area contributed by atoms with Gasteiger partial charge in [0.15, 0.2) is 0 Å². The summed E-state index contributed by atoms with van der Waals surface area (Å²) in [6.45, 7) is 9.58. The molecule has 1 spiro atoms. The van der Waals surface area contributed by atoms with Gasteiger partial charge in [-0.25, -0.2) is 0 Å². The van der Waals surface area contributed by atoms with Crippen molar-refractivity contribution in [3.05, 3.63) is 0 Å². The van der Waals surface area contributed by atoms with Crippen LogP contribution >= 0.6 is 0 Å². The highest BCUT2D eigenvalue weighted by molar-refractivity contribution is 5.76. The Labute approximate surface area is 98.8 Å². The van der Waals surface area contributed by atoms with Crippen LogP contribution in [0.1, 0.15) is 46.5 Å². The molecule has 1 aliphatic carbocycles. The van der Waals surface area contributed by atoms with E-state index in [4.69, 9.17) is 0 Å². The zero-order valence-electron chi connectivity index (χ0n) is 10.8. The van der Waals surface area contributed by atoms with Gasteiger partial charge < -0.3 is 4.90 Å². The summed E-state index contributed by atoms with van der Waals surface area (Å²) in [5.74, 6) is 0.359. The first-order chi connectivity index (χ1) is 7.59. The van der Waals surface area contributed by atoms with E-state index in [0.29, 0.717) is 17.5 Å². The number of amides is 1. The summed E-state index contributed by atoms with van der Waals surface area (Å²) >= 11 is 0. The largest absolute Gasteiger partial charge is 0.340 e. The third-order valence-electron chi connectivity index (χ3n) is 3.97. The predicted molar refractivity (Wildman–Crippen MR) is 65.3 cm³/mol. The molecule has 0 aromatic heterocycles. The SMILES string of the molecule is CCCC(=O)N1CCN(C(C)C)C2(CC2)C1. The Balaban J connectivity index is 1.97. The van der Waals surface area contributed by atoms with Crippen molar-refractivity contribution in [1.29, 1.82) is 0 Å². The van der Waals surface area contributed by atoms with Crippen LogP contribution in [0.2, 0.25) is 0 Å². The topological polar surface area (TPSA) is 23.6 Å². The summed E-state index contributed by atoms with van der Waals surface area (Å²) in [7, 11) is 0. The van der Waals surface area contributed by atoms with Crippen LogP contribution in [0.5, 0.6) is 0 Å². The Morgan fingerprint density at radius 2 is 2.00 bits per heavy atom. The van der Waals surface area contributed by atoms with E-state index in [-0.39, 0.29) is 0 Å². The zero-order chi connectivity index (χ0) is 11.8. The molecule has 1 amide bonds. The summed E-state index contributed by atoms with van der Waals surface area (Å²) in [5.41, 5.74) is 0.357. The minimum atomic E-state index is 0.357. The number of carbonyl (C=O) groups excluding carboxylic acids is 1. The Morgan fingerprint density at radius 1 is 1.31 bits per heavy atom. The first-order valence-corrected chi connectivity index (χ1v) is 6.63. The molecule has 0 aromatic carbocycles. The molecular formula is C13H24N2O. The first-order valence-electron chi connectivity index (χ1n) is 6.63. The summed E-state index contributed by atoms with van der Waals surface area (Å²) < 4.78 is 0. The van der Waals surface area contributed by atoms with Gasteiger partial charge in [-0.2, -0.15) is 0 Å². The smallest absolute Gasteiger partial charge is 0.222 e. The van der Waals surface area contributed by atoms with Crippen molar-refractivity contribution < 1.29 is 4.79 Å². The Kier molecular flexibility index (Phi) is 3.24. The average Bonchev–Trinajstić information content (AvgIpc) is 2.98. The number of piperazine rings is 1. The summed E-state index contributed by atoms with van der Waals surface area (Å²) in [4.78, 5) is 16.6. The van der Waals surface area contributed by atoms with Crippen molar-refractivity contribution >= 4 is 5.91 Å². The molecule has 0 radical (unpaired) electrons. The van der Waals surface area contributed by atoms with Gasteiger partial charge in [0, 0.05) is 37.6 Å². The molecule has 0 unspecified atom stereocenters. The van der Waals surface area contributed by atoms with Crippen LogP contribution in [-0.2, 0) is 4.79 Å². The van der Waals surface area contributed by atoms with Gasteiger partial charge in [-0.3, -0.25) is 9.69 Å². The molecule has 2 fully saturated rings. The van der Waals surface area contributed by atoms with Gasteiger partial charge in [-0.15, -0.1) is 0 Å². The van der Waals surface area contributed by atoms with Crippen molar-refractivity contribution in [2.24, 2.45) is 0 Å². The molecule has 2 rings (SSSR count). The summed E-state index contributed by atoms with van der Waals surface area (Å²) in [6, 6.07) is 0.617. The number of nitrogens with zero attached hydrogens (tertiary/aromatic N) is 2. The van der Waals surface area contributed by atoms with Crippen molar-refractivity contribution in [2.75, 3.05) is 19.6 Å². The van der Waals surface area contributed by atoms with E-state index in [1.54, 1.807) is 0 Å². The van der Waals surface area contributed by atoms with Crippen LogP contribution in [0, 0.1) is 0 Å². The highest BCUT2D eigenvalue weighted by atomic mass is 16.2. The molecule has 0 atom stereocenters. The Hall–Kier alpha value is -0.570. The normalized spacial score (nSPS) is 24.1. The molecule has 3 nitrogen and oxygen atoms in total. The Morgan fingerprint density at radius 3 is 2.50 bits per heavy atom. The van der Waals surface area contributed by atoms with Crippen molar-refractivity contribution in [1.82, 2.24) is 9.80 Å². The lowest BCUT2D eigenvalue weighted by atomic mass is 10.1. The van der Waals surface area contributed by atoms with E-state index in [1.807, 2.05) is 0 Å². The minimum Gasteiger partial charge on any atom is -0.340 e. The second-order valence-corrected chi connectivity index (χ2v) is 5.58. The maximum Gasteiger partial charge on any atom is 0.222 e. The van der Waals surface area contributed by atoms with Crippen molar-refractivity contribution in [2.45, 2.75) is 58.0 Å². The highest BCUT2D eigenvalue weighted by Crippen LogP contribution is 2.45. The molecule has 16 heavy (non-hydrogen) atoms. The molecule has 0 aromatic rings. The monoisotopic (exact) mass is 224 g/mol. The van der Waals surface area contributed by atoms with Crippen LogP contribution in [0.15, 0.2) is 0 Å². The Bertz CT molecular complexity index is 271. The molecule has 2 aliphatic rings. The summed E-state index contributed by atoms with van der Waals surface area (Å²) in [6.07, 6.45) is 4.25. The third kappa shape index (κ3) is 2.10. The molecule has 1 heterocycles. The van der Waals surface area contributed by atoms with Gasteiger partial charge in [-0.05, 0) is 33.1 Å². The first kappa shape index (κ1) is 11.9. The standard InChI is InChI=1S/C13H24N2O/c1-4-5-12(16)14-8-9-15(11(2)3)13(10-14)6-7-13/h11H,4-10H2,1-3H3. The van der Waals surface area contributed by atoms with Crippen LogP contribution in [-0.4, -0.2) is 46.9 Å². The molecular weight excluding hydrogens is 200 g/mol. The van der Waals surface area contributed by atoms with E-state index in [1.165, 1.54) is 12.8 Å². The van der Waals surface area contributed by atoms with E-state index >= 15 is 0 Å². The minimum absolute atomic E-state index is 0.357. The lowest BCUT2D eigenvalue weighted by molar-refractivity contribution is -0.135. The number of rotatable bonds is 3. The fraction of sp³-hybridized carbons (Fsp3) is 0.923. The number of carbonyl (C=O) groups is 1. The van der Waals surface area contributed by atoms with Crippen LogP contribution in [0.25, 0.3) is 0 Å². The quantitative estimate of drug-likeness (QED) is 0.730. The predicted octanol–water partition coefficient (Wildman–Crippen LogP) is 1.87. The van der Waals surface area contributed by atoms with Crippen LogP contribution < -0.4 is 0 Å². The molecule has 0 N–H and O–H groups in total. The van der Waals surface area contributed by atoms with E-state index in [9.17, 15) is 4.79 Å². The molecule has 1 saturated heterocycles. The molecule has 0 bridgehead atoms. The van der Waals surface area contributed by atoms with Crippen molar-refractivity contribution in [3.8, 4) is 0 Å². The van der Waals surface area contributed by atoms with Gasteiger partial charge in [0.25, 0.3) is 0 Å². The maximum atomic E-state index is 11.9. The second kappa shape index (κ2) is 4.36. The highest BCUT2D eigenvalue weighted by Gasteiger charge is 2.52. The molecule has 3 heteroatoms. The maximum absolute atomic E-state index is 11.9. The van der Waals surface area contributed by atoms with Crippen LogP contribution in [0.4, 0.5) is 0 Å². The fourth-order valence-corrected chi connectivity index (χ4v) is 2.97. The molecule has 1 saturated carbocycles. The summed E-state index contributed by atoms with van der Waals surface area (Å²) in [5, 5.41) is 0.